The van der Waals surface area contributed by atoms with Crippen LogP contribution in [0.15, 0.2) is 45.9 Å². The summed E-state index contributed by atoms with van der Waals surface area (Å²) in [5, 5.41) is 28.8. The molecule has 1 aliphatic rings. The zero-order chi connectivity index (χ0) is 27.8. The number of furan rings is 1. The van der Waals surface area contributed by atoms with E-state index in [1.807, 2.05) is 0 Å². The highest BCUT2D eigenvalue weighted by Crippen LogP contribution is 2.35. The normalized spacial score (nSPS) is 14.2. The molecule has 2 N–H and O–H groups in total. The molecule has 15 heteroatoms. The monoisotopic (exact) mass is 551 g/mol. The van der Waals surface area contributed by atoms with Gasteiger partial charge in [-0.2, -0.15) is 18.3 Å². The summed E-state index contributed by atoms with van der Waals surface area (Å²) in [4.78, 5) is 33.7. The third kappa shape index (κ3) is 5.29. The summed E-state index contributed by atoms with van der Waals surface area (Å²) in [7, 11) is 0. The molecule has 0 spiro atoms. The molecule has 38 heavy (non-hydrogen) atoms. The molecule has 1 aliphatic carbocycles. The molecular weight excluding hydrogens is 535 g/mol. The van der Waals surface area contributed by atoms with E-state index >= 15 is 0 Å². The molecule has 0 atom stereocenters. The lowest BCUT2D eigenvalue weighted by Gasteiger charge is -2.14. The van der Waals surface area contributed by atoms with Crippen molar-refractivity contribution in [3.05, 3.63) is 89.9 Å². The van der Waals surface area contributed by atoms with Crippen molar-refractivity contribution in [3.8, 4) is 0 Å². The Kier molecular flexibility index (Phi) is 7.09. The number of non-ortho nitro benzene ring substituents is 1. The molecular formula is C23H17ClF3N5O6. The molecule has 2 aromatic carbocycles. The van der Waals surface area contributed by atoms with Crippen LogP contribution >= 0.6 is 11.6 Å². The fraction of sp³-hybridized carbons (Fsp3) is 0.217. The van der Waals surface area contributed by atoms with Gasteiger partial charge in [-0.25, -0.2) is 0 Å². The zero-order valence-corrected chi connectivity index (χ0v) is 20.1. The van der Waals surface area contributed by atoms with Crippen molar-refractivity contribution in [2.75, 3.05) is 10.7 Å². The Morgan fingerprint density at radius 3 is 2.47 bits per heavy atom. The van der Waals surface area contributed by atoms with Crippen LogP contribution in [-0.4, -0.2) is 21.5 Å². The zero-order valence-electron chi connectivity index (χ0n) is 19.4. The largest absolute Gasteiger partial charge is 0.455 e. The Morgan fingerprint density at radius 1 is 1.08 bits per heavy atom. The maximum Gasteiger partial charge on any atom is 0.416 e. The maximum absolute atomic E-state index is 13.1. The van der Waals surface area contributed by atoms with E-state index in [0.29, 0.717) is 47.9 Å². The fourth-order valence-corrected chi connectivity index (χ4v) is 4.14. The van der Waals surface area contributed by atoms with E-state index in [2.05, 4.69) is 15.8 Å². The van der Waals surface area contributed by atoms with Crippen LogP contribution in [0.1, 0.15) is 45.8 Å². The first-order valence-corrected chi connectivity index (χ1v) is 11.3. The van der Waals surface area contributed by atoms with Gasteiger partial charge in [0.1, 0.15) is 11.4 Å². The molecule has 198 valence electrons. The van der Waals surface area contributed by atoms with Gasteiger partial charge in [-0.3, -0.25) is 30.4 Å². The molecule has 0 unspecified atom stereocenters. The second kappa shape index (κ2) is 10.1. The second-order valence-corrected chi connectivity index (χ2v) is 8.65. The van der Waals surface area contributed by atoms with E-state index in [9.17, 15) is 38.2 Å². The smallest absolute Gasteiger partial charge is 0.416 e. The summed E-state index contributed by atoms with van der Waals surface area (Å²) in [5.41, 5.74) is 1.48. The summed E-state index contributed by atoms with van der Waals surface area (Å²) < 4.78 is 45.0. The number of rotatable bonds is 6. The van der Waals surface area contributed by atoms with Gasteiger partial charge in [-0.15, -0.1) is 0 Å². The highest BCUT2D eigenvalue weighted by atomic mass is 35.5. The van der Waals surface area contributed by atoms with E-state index in [1.54, 1.807) is 6.92 Å². The van der Waals surface area contributed by atoms with Crippen molar-refractivity contribution in [3.63, 3.8) is 0 Å². The fourth-order valence-electron chi connectivity index (χ4n) is 3.98. The van der Waals surface area contributed by atoms with Gasteiger partial charge < -0.3 is 9.73 Å². The summed E-state index contributed by atoms with van der Waals surface area (Å²) >= 11 is 5.98. The number of carbonyl (C=O) groups is 1. The highest BCUT2D eigenvalue weighted by Gasteiger charge is 2.32. The van der Waals surface area contributed by atoms with Crippen LogP contribution in [0.2, 0.25) is 5.02 Å². The number of carbonyl (C=O) groups excluding carboxylic acids is 1. The van der Waals surface area contributed by atoms with Crippen LogP contribution < -0.4 is 10.7 Å². The number of alkyl halides is 3. The van der Waals surface area contributed by atoms with Gasteiger partial charge in [0.05, 0.1) is 37.9 Å². The van der Waals surface area contributed by atoms with Gasteiger partial charge in [0.15, 0.2) is 5.76 Å². The van der Waals surface area contributed by atoms with E-state index in [4.69, 9.17) is 16.0 Å². The quantitative estimate of drug-likeness (QED) is 0.262. The second-order valence-electron chi connectivity index (χ2n) is 8.24. The van der Waals surface area contributed by atoms with Crippen LogP contribution in [0, 0.1) is 27.2 Å². The van der Waals surface area contributed by atoms with Crippen LogP contribution in [0.4, 0.5) is 35.9 Å². The average Bonchev–Trinajstić information content (AvgIpc) is 3.20. The number of anilines is 2. The van der Waals surface area contributed by atoms with Gasteiger partial charge in [-0.05, 0) is 44.0 Å². The maximum atomic E-state index is 13.1. The molecule has 11 nitrogen and oxygen atoms in total. The molecule has 1 aromatic heterocycles. The summed E-state index contributed by atoms with van der Waals surface area (Å²) in [6.07, 6.45) is -3.20. The summed E-state index contributed by atoms with van der Waals surface area (Å²) in [6, 6.07) is 5.58. The first kappa shape index (κ1) is 26.6. The lowest BCUT2D eigenvalue weighted by Crippen LogP contribution is -2.15. The molecule has 0 radical (unpaired) electrons. The third-order valence-electron chi connectivity index (χ3n) is 5.77. The lowest BCUT2D eigenvalue weighted by atomic mass is 9.93. The number of benzene rings is 2. The predicted molar refractivity (Wildman–Crippen MR) is 131 cm³/mol. The third-order valence-corrected chi connectivity index (χ3v) is 6.10. The standard InChI is InChI=1S/C23H17ClF3N5O6/c1-11-20-16(30-29-15-8-6-13(31(34)35)10-18(15)32(36)37)3-2-4-19(20)38-21(11)22(33)28-17-9-12(23(25,26)27)5-7-14(17)24/h5-10,29H,2-4H2,1H3,(H,28,33)/b30-16+. The van der Waals surface area contributed by atoms with Crippen molar-refractivity contribution in [1.82, 2.24) is 0 Å². The molecule has 0 saturated carbocycles. The SMILES string of the molecule is Cc1c(C(=O)Nc2cc(C(F)(F)F)ccc2Cl)oc2c1/C(=N/Nc1ccc([N+](=O)[O-])cc1[N+](=O)[O-])CCC2. The molecule has 1 amide bonds. The van der Waals surface area contributed by atoms with Gasteiger partial charge in [0.2, 0.25) is 0 Å². The van der Waals surface area contributed by atoms with Crippen molar-refractivity contribution >= 4 is 46.0 Å². The number of nitro benzene ring substituents is 2. The number of hydrogen-bond donors (Lipinski definition) is 2. The molecule has 4 rings (SSSR count). The van der Waals surface area contributed by atoms with Gasteiger partial charge in [0.25, 0.3) is 11.6 Å². The first-order valence-electron chi connectivity index (χ1n) is 10.9. The van der Waals surface area contributed by atoms with Crippen LogP contribution in [0.5, 0.6) is 0 Å². The molecule has 0 saturated heterocycles. The van der Waals surface area contributed by atoms with Gasteiger partial charge >= 0.3 is 11.9 Å². The lowest BCUT2D eigenvalue weighted by molar-refractivity contribution is -0.393. The number of fused-ring (bicyclic) bond motifs is 1. The van der Waals surface area contributed by atoms with Gasteiger partial charge in [-0.1, -0.05) is 11.6 Å². The van der Waals surface area contributed by atoms with Crippen molar-refractivity contribution in [2.24, 2.45) is 5.10 Å². The Labute approximate surface area is 216 Å². The topological polar surface area (TPSA) is 153 Å². The number of aryl methyl sites for hydroxylation is 1. The Hall–Kier alpha value is -4.46. The van der Waals surface area contributed by atoms with Crippen molar-refractivity contribution in [2.45, 2.75) is 32.4 Å². The number of nitrogens with one attached hydrogen (secondary N) is 2. The minimum atomic E-state index is -4.64. The number of nitrogens with zero attached hydrogens (tertiary/aromatic N) is 3. The number of halogens is 4. The Balaban J connectivity index is 1.63. The molecule has 0 bridgehead atoms. The Bertz CT molecular complexity index is 1500. The predicted octanol–water partition coefficient (Wildman–Crippen LogP) is 6.48. The minimum absolute atomic E-state index is 0.0847. The number of amides is 1. The molecule has 3 aromatic rings. The number of nitro groups is 2. The molecule has 1 heterocycles. The minimum Gasteiger partial charge on any atom is -0.455 e. The van der Waals surface area contributed by atoms with E-state index < -0.39 is 38.9 Å². The Morgan fingerprint density at radius 2 is 1.82 bits per heavy atom. The highest BCUT2D eigenvalue weighted by molar-refractivity contribution is 6.34. The number of hydrazone groups is 1. The van der Waals surface area contributed by atoms with Crippen LogP contribution in [-0.2, 0) is 12.6 Å². The van der Waals surface area contributed by atoms with Gasteiger partial charge in [0, 0.05) is 23.6 Å². The van der Waals surface area contributed by atoms with Crippen molar-refractivity contribution < 1.29 is 32.2 Å². The first-order chi connectivity index (χ1) is 17.9. The summed E-state index contributed by atoms with van der Waals surface area (Å²) in [6.45, 7) is 1.57. The van der Waals surface area contributed by atoms with Crippen LogP contribution in [0.25, 0.3) is 0 Å². The van der Waals surface area contributed by atoms with Crippen molar-refractivity contribution in [1.29, 1.82) is 0 Å². The molecule has 0 aliphatic heterocycles. The van der Waals surface area contributed by atoms with Crippen LogP contribution in [0.3, 0.4) is 0 Å². The van der Waals surface area contributed by atoms with E-state index in [1.165, 1.54) is 0 Å². The summed E-state index contributed by atoms with van der Waals surface area (Å²) in [5.74, 6) is -0.566. The number of hydrogen-bond acceptors (Lipinski definition) is 8. The van der Waals surface area contributed by atoms with E-state index in [-0.39, 0.29) is 22.2 Å². The average molecular weight is 552 g/mol. The van der Waals surface area contributed by atoms with E-state index in [0.717, 1.165) is 30.3 Å². The molecule has 0 fully saturated rings.